The normalized spacial score (nSPS) is 25.6. The fraction of sp³-hybridized carbons (Fsp3) is 0.500. The first-order chi connectivity index (χ1) is 9.36. The van der Waals surface area contributed by atoms with E-state index in [9.17, 15) is 0 Å². The van der Waals surface area contributed by atoms with Gasteiger partial charge < -0.3 is 5.32 Å². The second-order valence-electron chi connectivity index (χ2n) is 5.45. The Morgan fingerprint density at radius 1 is 1.37 bits per heavy atom. The van der Waals surface area contributed by atoms with Crippen LogP contribution in [-0.2, 0) is 12.8 Å². The molecule has 1 fully saturated rings. The summed E-state index contributed by atoms with van der Waals surface area (Å²) in [4.78, 5) is 1.42. The lowest BCUT2D eigenvalue weighted by atomic mass is 10.0. The van der Waals surface area contributed by atoms with Crippen molar-refractivity contribution < 1.29 is 0 Å². The number of allylic oxidation sites excluding steroid dienone is 2. The molecule has 0 amide bonds. The molecule has 2 nitrogen and oxygen atoms in total. The third kappa shape index (κ3) is 3.28. The van der Waals surface area contributed by atoms with Gasteiger partial charge in [-0.1, -0.05) is 13.0 Å². The predicted octanol–water partition coefficient (Wildman–Crippen LogP) is 3.31. The third-order valence-corrected chi connectivity index (χ3v) is 4.93. The van der Waals surface area contributed by atoms with Gasteiger partial charge >= 0.3 is 0 Å². The Morgan fingerprint density at radius 2 is 2.26 bits per heavy atom. The van der Waals surface area contributed by atoms with E-state index in [-0.39, 0.29) is 0 Å². The second kappa shape index (κ2) is 5.93. The van der Waals surface area contributed by atoms with Crippen molar-refractivity contribution in [1.29, 1.82) is 0 Å². The molecule has 0 radical (unpaired) electrons. The van der Waals surface area contributed by atoms with Crippen molar-refractivity contribution in [3.05, 3.63) is 39.7 Å². The molecule has 1 atom stereocenters. The van der Waals surface area contributed by atoms with Crippen LogP contribution < -0.4 is 10.6 Å². The summed E-state index contributed by atoms with van der Waals surface area (Å²) in [5, 5.41) is 9.48. The second-order valence-corrected chi connectivity index (χ2v) is 6.36. The molecule has 0 saturated heterocycles. The molecule has 2 N–H and O–H groups in total. The summed E-state index contributed by atoms with van der Waals surface area (Å²) in [6.07, 6.45) is 13.9. The van der Waals surface area contributed by atoms with Gasteiger partial charge in [-0.25, -0.2) is 0 Å². The van der Waals surface area contributed by atoms with Gasteiger partial charge in [0.1, 0.15) is 0 Å². The zero-order valence-corrected chi connectivity index (χ0v) is 12.3. The minimum atomic E-state index is 0.357. The molecule has 3 rings (SSSR count). The molecule has 2 bridgehead atoms. The van der Waals surface area contributed by atoms with E-state index < -0.39 is 0 Å². The first kappa shape index (κ1) is 12.9. The zero-order valence-electron chi connectivity index (χ0n) is 11.5. The summed E-state index contributed by atoms with van der Waals surface area (Å²) in [6.45, 7) is 3.41. The van der Waals surface area contributed by atoms with Gasteiger partial charge in [0.25, 0.3) is 0 Å². The molecule has 1 aliphatic carbocycles. The molecule has 0 aromatic carbocycles. The topological polar surface area (TPSA) is 24.1 Å². The lowest BCUT2D eigenvalue weighted by Gasteiger charge is -2.20. The number of fused-ring (bicyclic) bond motifs is 2. The molecule has 102 valence electrons. The quantitative estimate of drug-likeness (QED) is 0.880. The lowest BCUT2D eigenvalue weighted by Crippen LogP contribution is -2.42. The van der Waals surface area contributed by atoms with E-state index in [1.807, 2.05) is 11.3 Å². The van der Waals surface area contributed by atoms with Crippen LogP contribution >= 0.6 is 11.3 Å². The molecular weight excluding hydrogens is 252 g/mol. The van der Waals surface area contributed by atoms with Crippen molar-refractivity contribution in [1.82, 2.24) is 10.6 Å². The molecule has 1 aromatic heterocycles. The number of hydrogen-bond acceptors (Lipinski definition) is 3. The first-order valence-corrected chi connectivity index (χ1v) is 8.16. The Labute approximate surface area is 119 Å². The maximum Gasteiger partial charge on any atom is 0.0804 e. The van der Waals surface area contributed by atoms with Crippen molar-refractivity contribution in [3.63, 3.8) is 0 Å². The number of rotatable bonds is 4. The number of thiophene rings is 1. The van der Waals surface area contributed by atoms with E-state index in [1.54, 1.807) is 0 Å². The fourth-order valence-corrected chi connectivity index (χ4v) is 3.64. The molecule has 19 heavy (non-hydrogen) atoms. The molecule has 1 saturated carbocycles. The summed E-state index contributed by atoms with van der Waals surface area (Å²) in [6, 6.07) is 0. The molecule has 2 heterocycles. The van der Waals surface area contributed by atoms with Gasteiger partial charge in [-0.15, -0.1) is 11.3 Å². The van der Waals surface area contributed by atoms with Gasteiger partial charge in [0.2, 0.25) is 0 Å². The standard InChI is InChI=1S/C16H22N2S/c1-2-14-13-9-16(18-10-12-6-7-12)17-8-4-3-5-15(14)19-11-13/h3-5,8,11-12,16-18H,2,6-7,9-10H2,1H3/b5-3-,8-4+. The maximum absolute atomic E-state index is 3.67. The van der Waals surface area contributed by atoms with E-state index >= 15 is 0 Å². The molecule has 0 spiro atoms. The Bertz CT molecular complexity index is 483. The minimum Gasteiger partial charge on any atom is -0.375 e. The van der Waals surface area contributed by atoms with E-state index in [0.717, 1.165) is 25.3 Å². The maximum atomic E-state index is 3.67. The fourth-order valence-electron chi connectivity index (χ4n) is 2.56. The average Bonchev–Trinajstić information content (AvgIpc) is 3.18. The van der Waals surface area contributed by atoms with Crippen LogP contribution in [0.5, 0.6) is 0 Å². The van der Waals surface area contributed by atoms with Crippen molar-refractivity contribution >= 4 is 17.4 Å². The van der Waals surface area contributed by atoms with Gasteiger partial charge in [-0.05, 0) is 66.6 Å². The SMILES string of the molecule is CCc1c2csc1/C=C\C=C\NC(NCC1CC1)C2. The Morgan fingerprint density at radius 3 is 3.05 bits per heavy atom. The van der Waals surface area contributed by atoms with Gasteiger partial charge in [0.05, 0.1) is 6.17 Å². The highest BCUT2D eigenvalue weighted by Crippen LogP contribution is 2.28. The van der Waals surface area contributed by atoms with E-state index in [0.29, 0.717) is 6.17 Å². The highest BCUT2D eigenvalue weighted by Gasteiger charge is 2.22. The van der Waals surface area contributed by atoms with Crippen LogP contribution in [0.3, 0.4) is 0 Å². The van der Waals surface area contributed by atoms with Crippen molar-refractivity contribution in [2.24, 2.45) is 5.92 Å². The number of nitrogens with one attached hydrogen (secondary N) is 2. The zero-order chi connectivity index (χ0) is 13.1. The van der Waals surface area contributed by atoms with Gasteiger partial charge in [0.15, 0.2) is 0 Å². The summed E-state index contributed by atoms with van der Waals surface area (Å²) >= 11 is 1.87. The highest BCUT2D eigenvalue weighted by atomic mass is 32.1. The average molecular weight is 274 g/mol. The molecule has 1 aliphatic heterocycles. The Kier molecular flexibility index (Phi) is 4.04. The van der Waals surface area contributed by atoms with E-state index in [4.69, 9.17) is 0 Å². The van der Waals surface area contributed by atoms with Crippen LogP contribution in [0.15, 0.2) is 23.7 Å². The van der Waals surface area contributed by atoms with Crippen LogP contribution in [0.4, 0.5) is 0 Å². The third-order valence-electron chi connectivity index (χ3n) is 3.89. The van der Waals surface area contributed by atoms with Crippen molar-refractivity contribution in [2.75, 3.05) is 6.54 Å². The van der Waals surface area contributed by atoms with Gasteiger partial charge in [-0.3, -0.25) is 5.32 Å². The predicted molar refractivity (Wildman–Crippen MR) is 83.2 cm³/mol. The summed E-state index contributed by atoms with van der Waals surface area (Å²) < 4.78 is 0. The largest absolute Gasteiger partial charge is 0.375 e. The molecule has 1 aromatic rings. The van der Waals surface area contributed by atoms with E-state index in [2.05, 4.69) is 47.4 Å². The lowest BCUT2D eigenvalue weighted by molar-refractivity contribution is 0.456. The number of hydrogen-bond donors (Lipinski definition) is 2. The van der Waals surface area contributed by atoms with Crippen molar-refractivity contribution in [2.45, 2.75) is 38.8 Å². The van der Waals surface area contributed by atoms with Crippen molar-refractivity contribution in [3.8, 4) is 0 Å². The van der Waals surface area contributed by atoms with E-state index in [1.165, 1.54) is 28.8 Å². The summed E-state index contributed by atoms with van der Waals surface area (Å²) in [5.41, 5.74) is 3.03. The summed E-state index contributed by atoms with van der Waals surface area (Å²) in [7, 11) is 0. The van der Waals surface area contributed by atoms with Crippen LogP contribution in [0.25, 0.3) is 6.08 Å². The Hall–Kier alpha value is -1.06. The highest BCUT2D eigenvalue weighted by molar-refractivity contribution is 7.11. The Balaban J connectivity index is 1.77. The molecule has 1 unspecified atom stereocenters. The molecular formula is C16H22N2S. The summed E-state index contributed by atoms with van der Waals surface area (Å²) in [5.74, 6) is 0.921. The van der Waals surface area contributed by atoms with Crippen LogP contribution in [-0.4, -0.2) is 12.7 Å². The van der Waals surface area contributed by atoms with Crippen LogP contribution in [0.2, 0.25) is 0 Å². The smallest absolute Gasteiger partial charge is 0.0804 e. The van der Waals surface area contributed by atoms with Gasteiger partial charge in [0, 0.05) is 11.3 Å². The minimum absolute atomic E-state index is 0.357. The van der Waals surface area contributed by atoms with Crippen LogP contribution in [0.1, 0.15) is 35.8 Å². The van der Waals surface area contributed by atoms with Gasteiger partial charge in [-0.2, -0.15) is 0 Å². The molecule has 3 heteroatoms. The van der Waals surface area contributed by atoms with Crippen LogP contribution in [0, 0.1) is 5.92 Å². The first-order valence-electron chi connectivity index (χ1n) is 7.28. The molecule has 2 aliphatic rings. The monoisotopic (exact) mass is 274 g/mol.